The SMILES string of the molecule is C[CH-]CC.[U]. The minimum atomic E-state index is 0. The van der Waals surface area contributed by atoms with Gasteiger partial charge in [-0.1, -0.05) is 6.92 Å². The van der Waals surface area contributed by atoms with E-state index in [4.69, 9.17) is 0 Å². The second-order valence-corrected chi connectivity index (χ2v) is 0.816. The van der Waals surface area contributed by atoms with Crippen LogP contribution in [-0.2, 0) is 0 Å². The molecule has 0 N–H and O–H groups in total. The van der Waals surface area contributed by atoms with Crippen LogP contribution in [0.15, 0.2) is 0 Å². The van der Waals surface area contributed by atoms with Gasteiger partial charge in [0.2, 0.25) is 0 Å². The van der Waals surface area contributed by atoms with Crippen LogP contribution in [0.4, 0.5) is 0 Å². The van der Waals surface area contributed by atoms with Gasteiger partial charge in [-0.3, -0.25) is 0 Å². The summed E-state index contributed by atoms with van der Waals surface area (Å²) in [5, 5.41) is 0. The number of hydrogen-bond acceptors (Lipinski definition) is 0. The summed E-state index contributed by atoms with van der Waals surface area (Å²) in [6, 6.07) is 0. The van der Waals surface area contributed by atoms with E-state index in [2.05, 4.69) is 20.3 Å². The predicted octanol–water partition coefficient (Wildman–Crippen LogP) is 1.62. The Kier molecular flexibility index (Phi) is 16.8. The van der Waals surface area contributed by atoms with Crippen molar-refractivity contribution >= 4 is 0 Å². The molecule has 0 radical (unpaired) electrons. The predicted molar refractivity (Wildman–Crippen MR) is 20.3 cm³/mol. The molecule has 0 atom stereocenters. The average molecular weight is 295 g/mol. The molecule has 0 amide bonds. The Balaban J connectivity index is 0. The zero-order chi connectivity index (χ0) is 3.41. The first kappa shape index (κ1) is 9.41. The molecule has 0 aromatic rings. The standard InChI is InChI=1S/C4H9.U/c1-3-4-2;/h3H,4H2,1-2H3;/q-1;. The zero-order valence-corrected chi connectivity index (χ0v) is 7.95. The Morgan fingerprint density at radius 1 is 1.60 bits per heavy atom. The largest absolute Gasteiger partial charge is 0.332 e. The van der Waals surface area contributed by atoms with Crippen molar-refractivity contribution in [3.63, 3.8) is 0 Å². The van der Waals surface area contributed by atoms with Crippen molar-refractivity contribution in [2.45, 2.75) is 20.3 Å². The number of unbranched alkanes of at least 4 members (excludes halogenated alkanes) is 1. The summed E-state index contributed by atoms with van der Waals surface area (Å²) in [5.41, 5.74) is 0. The van der Waals surface area contributed by atoms with E-state index in [9.17, 15) is 0 Å². The Morgan fingerprint density at radius 2 is 1.80 bits per heavy atom. The van der Waals surface area contributed by atoms with Gasteiger partial charge in [0.05, 0.1) is 0 Å². The molecule has 0 aliphatic heterocycles. The first-order chi connectivity index (χ1) is 1.91. The van der Waals surface area contributed by atoms with Crippen molar-refractivity contribution in [1.82, 2.24) is 0 Å². The van der Waals surface area contributed by atoms with Crippen LogP contribution in [0.5, 0.6) is 0 Å². The molecule has 0 spiro atoms. The normalized spacial score (nSPS) is 6.00. The topological polar surface area (TPSA) is 0 Å². The summed E-state index contributed by atoms with van der Waals surface area (Å²) in [6.07, 6.45) is 3.32. The zero-order valence-electron chi connectivity index (χ0n) is 3.78. The summed E-state index contributed by atoms with van der Waals surface area (Å²) < 4.78 is 0. The van der Waals surface area contributed by atoms with E-state index in [1.54, 1.807) is 0 Å². The molecule has 5 heavy (non-hydrogen) atoms. The fourth-order valence-corrected chi connectivity index (χ4v) is 0. The van der Waals surface area contributed by atoms with Crippen molar-refractivity contribution in [1.29, 1.82) is 0 Å². The van der Waals surface area contributed by atoms with Gasteiger partial charge in [-0.15, -0.1) is 0 Å². The van der Waals surface area contributed by atoms with Gasteiger partial charge >= 0.3 is 0 Å². The van der Waals surface area contributed by atoms with Crippen LogP contribution in [0.1, 0.15) is 20.3 Å². The summed E-state index contributed by atoms with van der Waals surface area (Å²) in [4.78, 5) is 0. The van der Waals surface area contributed by atoms with Gasteiger partial charge in [-0.05, 0) is 0 Å². The van der Waals surface area contributed by atoms with Gasteiger partial charge in [-0.25, -0.2) is 0 Å². The molecule has 0 aliphatic carbocycles. The molecule has 0 bridgehead atoms. The molecule has 0 nitrogen and oxygen atoms in total. The average Bonchev–Trinajstić information content (AvgIpc) is 1.37. The maximum Gasteiger partial charge on any atom is 0 e. The first-order valence-corrected chi connectivity index (χ1v) is 1.69. The third-order valence-electron chi connectivity index (χ3n) is 0.408. The summed E-state index contributed by atoms with van der Waals surface area (Å²) in [5.74, 6) is 0. The Bertz CT molecular complexity index is 5.61. The van der Waals surface area contributed by atoms with Gasteiger partial charge in [0, 0.05) is 31.1 Å². The van der Waals surface area contributed by atoms with E-state index in [0.717, 1.165) is 0 Å². The van der Waals surface area contributed by atoms with E-state index >= 15 is 0 Å². The van der Waals surface area contributed by atoms with Crippen LogP contribution in [0.2, 0.25) is 0 Å². The third kappa shape index (κ3) is 11.2. The summed E-state index contributed by atoms with van der Waals surface area (Å²) in [6.45, 7) is 4.18. The van der Waals surface area contributed by atoms with E-state index in [-0.39, 0.29) is 31.1 Å². The Morgan fingerprint density at radius 3 is 1.80 bits per heavy atom. The Hall–Kier alpha value is 1.05. The molecule has 0 unspecified atom stereocenters. The number of hydrogen-bond donors (Lipinski definition) is 0. The van der Waals surface area contributed by atoms with Crippen molar-refractivity contribution in [3.8, 4) is 0 Å². The first-order valence-electron chi connectivity index (χ1n) is 1.69. The maximum absolute atomic E-state index is 2.12. The molecule has 0 aliphatic rings. The second-order valence-electron chi connectivity index (χ2n) is 0.816. The molecular weight excluding hydrogens is 286 g/mol. The molecule has 0 rings (SSSR count). The van der Waals surface area contributed by atoms with Crippen LogP contribution >= 0.6 is 0 Å². The van der Waals surface area contributed by atoms with Crippen LogP contribution in [0.25, 0.3) is 0 Å². The van der Waals surface area contributed by atoms with Crippen molar-refractivity contribution in [2.75, 3.05) is 0 Å². The second kappa shape index (κ2) is 8.90. The third-order valence-corrected chi connectivity index (χ3v) is 0.408. The molecular formula is C4H9U-. The molecule has 0 saturated heterocycles. The van der Waals surface area contributed by atoms with Crippen molar-refractivity contribution in [3.05, 3.63) is 6.42 Å². The van der Waals surface area contributed by atoms with Crippen molar-refractivity contribution in [2.24, 2.45) is 0 Å². The van der Waals surface area contributed by atoms with Gasteiger partial charge in [0.15, 0.2) is 0 Å². The fourth-order valence-electron chi connectivity index (χ4n) is 0. The smallest absolute Gasteiger partial charge is 0 e. The maximum atomic E-state index is 2.12. The Labute approximate surface area is 57.7 Å². The van der Waals surface area contributed by atoms with Crippen LogP contribution in [-0.4, -0.2) is 0 Å². The van der Waals surface area contributed by atoms with E-state index < -0.39 is 0 Å². The van der Waals surface area contributed by atoms with Crippen LogP contribution in [0.3, 0.4) is 0 Å². The fraction of sp³-hybridized carbons (Fsp3) is 0.750. The molecule has 0 aromatic carbocycles. The monoisotopic (exact) mass is 295 g/mol. The summed E-state index contributed by atoms with van der Waals surface area (Å²) in [7, 11) is 0. The van der Waals surface area contributed by atoms with Gasteiger partial charge in [0.25, 0.3) is 0 Å². The van der Waals surface area contributed by atoms with Gasteiger partial charge < -0.3 is 6.42 Å². The van der Waals surface area contributed by atoms with Gasteiger partial charge in [0.1, 0.15) is 0 Å². The molecule has 1 heteroatoms. The van der Waals surface area contributed by atoms with E-state index in [1.807, 2.05) is 0 Å². The van der Waals surface area contributed by atoms with Crippen molar-refractivity contribution < 1.29 is 31.1 Å². The quantitative estimate of drug-likeness (QED) is 0.645. The van der Waals surface area contributed by atoms with Crippen LogP contribution in [0, 0.1) is 37.5 Å². The van der Waals surface area contributed by atoms with E-state index in [1.165, 1.54) is 6.42 Å². The molecule has 0 heterocycles. The van der Waals surface area contributed by atoms with Gasteiger partial charge in [-0.2, -0.15) is 13.3 Å². The molecule has 0 saturated carbocycles. The molecule has 0 aromatic heterocycles. The van der Waals surface area contributed by atoms with Crippen LogP contribution < -0.4 is 0 Å². The molecule has 30 valence electrons. The minimum Gasteiger partial charge on any atom is -0.332 e. The van der Waals surface area contributed by atoms with E-state index in [0.29, 0.717) is 0 Å². The number of rotatable bonds is 1. The summed E-state index contributed by atoms with van der Waals surface area (Å²) >= 11 is 0. The minimum absolute atomic E-state index is 0. The molecule has 0 fully saturated rings.